The molecule has 12 heavy (non-hydrogen) atoms. The van der Waals surface area contributed by atoms with Crippen LogP contribution in [0, 0.1) is 0 Å². The van der Waals surface area contributed by atoms with Crippen LogP contribution >= 0.6 is 0 Å². The lowest BCUT2D eigenvalue weighted by Gasteiger charge is -2.04. The van der Waals surface area contributed by atoms with Crippen molar-refractivity contribution in [2.75, 3.05) is 0 Å². The van der Waals surface area contributed by atoms with E-state index in [1.807, 2.05) is 18.5 Å². The minimum absolute atomic E-state index is 0.498. The Kier molecular flexibility index (Phi) is 1.57. The molecule has 2 aromatic rings. The van der Waals surface area contributed by atoms with Gasteiger partial charge in [-0.3, -0.25) is 0 Å². The van der Waals surface area contributed by atoms with Gasteiger partial charge in [-0.05, 0) is 12.0 Å². The van der Waals surface area contributed by atoms with Gasteiger partial charge in [-0.2, -0.15) is 5.10 Å². The van der Waals surface area contributed by atoms with E-state index in [2.05, 4.69) is 23.9 Å². The molecule has 2 heterocycles. The van der Waals surface area contributed by atoms with Gasteiger partial charge in [0.05, 0.1) is 0 Å². The summed E-state index contributed by atoms with van der Waals surface area (Å²) in [6.45, 7) is 4.31. The standard InChI is InChI=1S/C9H11N3/c1-7(2)8-3-4-11-12-6-5-10-9(8)12/h3-7H,1-2H3. The fraction of sp³-hybridized carbons (Fsp3) is 0.333. The molecule has 0 unspecified atom stereocenters. The number of hydrogen-bond donors (Lipinski definition) is 0. The second kappa shape index (κ2) is 2.59. The number of fused-ring (bicyclic) bond motifs is 1. The lowest BCUT2D eigenvalue weighted by atomic mass is 10.1. The number of imidazole rings is 1. The average molecular weight is 161 g/mol. The maximum absolute atomic E-state index is 4.24. The van der Waals surface area contributed by atoms with Crippen LogP contribution in [0.3, 0.4) is 0 Å². The lowest BCUT2D eigenvalue weighted by Crippen LogP contribution is -1.96. The molecular formula is C9H11N3. The molecule has 0 aliphatic rings. The zero-order valence-electron chi connectivity index (χ0n) is 7.23. The Balaban J connectivity index is 2.73. The molecule has 0 saturated carbocycles. The highest BCUT2D eigenvalue weighted by Crippen LogP contribution is 2.17. The van der Waals surface area contributed by atoms with E-state index in [0.717, 1.165) is 5.65 Å². The van der Waals surface area contributed by atoms with Gasteiger partial charge < -0.3 is 0 Å². The summed E-state index contributed by atoms with van der Waals surface area (Å²) in [5.41, 5.74) is 2.21. The van der Waals surface area contributed by atoms with E-state index < -0.39 is 0 Å². The normalized spacial score (nSPS) is 11.2. The molecule has 0 fully saturated rings. The second-order valence-corrected chi connectivity index (χ2v) is 3.14. The van der Waals surface area contributed by atoms with Gasteiger partial charge in [-0.25, -0.2) is 9.50 Å². The van der Waals surface area contributed by atoms with E-state index >= 15 is 0 Å². The molecule has 0 amide bonds. The Bertz CT molecular complexity index is 389. The monoisotopic (exact) mass is 161 g/mol. The van der Waals surface area contributed by atoms with Crippen molar-refractivity contribution in [2.24, 2.45) is 0 Å². The first-order chi connectivity index (χ1) is 5.79. The molecule has 0 aliphatic carbocycles. The fourth-order valence-corrected chi connectivity index (χ4v) is 1.31. The van der Waals surface area contributed by atoms with Gasteiger partial charge in [-0.15, -0.1) is 0 Å². The van der Waals surface area contributed by atoms with Crippen molar-refractivity contribution < 1.29 is 0 Å². The van der Waals surface area contributed by atoms with E-state index in [1.54, 1.807) is 10.7 Å². The summed E-state index contributed by atoms with van der Waals surface area (Å²) in [6, 6.07) is 2.02. The van der Waals surface area contributed by atoms with Crippen LogP contribution in [0.5, 0.6) is 0 Å². The zero-order valence-corrected chi connectivity index (χ0v) is 7.23. The second-order valence-electron chi connectivity index (χ2n) is 3.14. The van der Waals surface area contributed by atoms with Gasteiger partial charge in [0.1, 0.15) is 0 Å². The van der Waals surface area contributed by atoms with Crippen LogP contribution in [-0.4, -0.2) is 14.6 Å². The van der Waals surface area contributed by atoms with Crippen LogP contribution < -0.4 is 0 Å². The van der Waals surface area contributed by atoms with E-state index in [4.69, 9.17) is 0 Å². The van der Waals surface area contributed by atoms with Crippen molar-refractivity contribution in [3.63, 3.8) is 0 Å². The average Bonchev–Trinajstić information content (AvgIpc) is 2.49. The summed E-state index contributed by atoms with van der Waals surface area (Å²) in [6.07, 6.45) is 5.44. The molecule has 0 saturated heterocycles. The van der Waals surface area contributed by atoms with Gasteiger partial charge >= 0.3 is 0 Å². The van der Waals surface area contributed by atoms with E-state index in [-0.39, 0.29) is 0 Å². The minimum Gasteiger partial charge on any atom is -0.235 e. The largest absolute Gasteiger partial charge is 0.235 e. The third-order valence-corrected chi connectivity index (χ3v) is 1.95. The molecule has 2 rings (SSSR count). The Morgan fingerprint density at radius 2 is 2.17 bits per heavy atom. The summed E-state index contributed by atoms with van der Waals surface area (Å²) in [5, 5.41) is 4.14. The van der Waals surface area contributed by atoms with Crippen LogP contribution in [-0.2, 0) is 0 Å². The first-order valence-electron chi connectivity index (χ1n) is 4.07. The quantitative estimate of drug-likeness (QED) is 0.639. The van der Waals surface area contributed by atoms with Crippen LogP contribution in [0.25, 0.3) is 5.65 Å². The Hall–Kier alpha value is -1.38. The zero-order chi connectivity index (χ0) is 8.55. The number of aromatic nitrogens is 3. The predicted molar refractivity (Wildman–Crippen MR) is 47.1 cm³/mol. The molecule has 0 radical (unpaired) electrons. The highest BCUT2D eigenvalue weighted by molar-refractivity contribution is 5.47. The maximum atomic E-state index is 4.24. The fourth-order valence-electron chi connectivity index (χ4n) is 1.31. The highest BCUT2D eigenvalue weighted by atomic mass is 15.2. The van der Waals surface area contributed by atoms with Crippen LogP contribution in [0.1, 0.15) is 25.3 Å². The predicted octanol–water partition coefficient (Wildman–Crippen LogP) is 1.85. The number of nitrogens with zero attached hydrogens (tertiary/aromatic N) is 3. The molecule has 0 N–H and O–H groups in total. The third-order valence-electron chi connectivity index (χ3n) is 1.95. The number of rotatable bonds is 1. The molecule has 62 valence electrons. The molecule has 2 aromatic heterocycles. The molecule has 0 aromatic carbocycles. The molecule has 0 aliphatic heterocycles. The molecule has 0 atom stereocenters. The summed E-state index contributed by atoms with van der Waals surface area (Å²) in [5.74, 6) is 0.498. The SMILES string of the molecule is CC(C)c1ccnn2ccnc12. The topological polar surface area (TPSA) is 30.2 Å². The van der Waals surface area contributed by atoms with Gasteiger partial charge in [0, 0.05) is 24.2 Å². The van der Waals surface area contributed by atoms with Crippen molar-refractivity contribution in [3.05, 3.63) is 30.2 Å². The van der Waals surface area contributed by atoms with Gasteiger partial charge in [0.25, 0.3) is 0 Å². The molecule has 3 nitrogen and oxygen atoms in total. The van der Waals surface area contributed by atoms with Crippen molar-refractivity contribution in [1.82, 2.24) is 14.6 Å². The molecule has 0 bridgehead atoms. The first kappa shape index (κ1) is 7.28. The summed E-state index contributed by atoms with van der Waals surface area (Å²) in [7, 11) is 0. The Morgan fingerprint density at radius 3 is 2.92 bits per heavy atom. The molecule has 3 heteroatoms. The van der Waals surface area contributed by atoms with Crippen molar-refractivity contribution in [2.45, 2.75) is 19.8 Å². The maximum Gasteiger partial charge on any atom is 0.156 e. The van der Waals surface area contributed by atoms with Crippen LogP contribution in [0.15, 0.2) is 24.7 Å². The smallest absolute Gasteiger partial charge is 0.156 e. The van der Waals surface area contributed by atoms with E-state index in [0.29, 0.717) is 5.92 Å². The molecule has 0 spiro atoms. The van der Waals surface area contributed by atoms with Crippen molar-refractivity contribution in [1.29, 1.82) is 0 Å². The lowest BCUT2D eigenvalue weighted by molar-refractivity contribution is 0.835. The van der Waals surface area contributed by atoms with Crippen LogP contribution in [0.2, 0.25) is 0 Å². The van der Waals surface area contributed by atoms with Crippen molar-refractivity contribution >= 4 is 5.65 Å². The highest BCUT2D eigenvalue weighted by Gasteiger charge is 2.05. The minimum atomic E-state index is 0.498. The van der Waals surface area contributed by atoms with Gasteiger partial charge in [0.15, 0.2) is 5.65 Å². The Morgan fingerprint density at radius 1 is 1.33 bits per heavy atom. The number of hydrogen-bond acceptors (Lipinski definition) is 2. The summed E-state index contributed by atoms with van der Waals surface area (Å²) >= 11 is 0. The Labute approximate surface area is 71.1 Å². The van der Waals surface area contributed by atoms with E-state index in [9.17, 15) is 0 Å². The van der Waals surface area contributed by atoms with Gasteiger partial charge in [0.2, 0.25) is 0 Å². The van der Waals surface area contributed by atoms with Gasteiger partial charge in [-0.1, -0.05) is 13.8 Å². The van der Waals surface area contributed by atoms with Crippen LogP contribution in [0.4, 0.5) is 0 Å². The molecular weight excluding hydrogens is 150 g/mol. The van der Waals surface area contributed by atoms with E-state index in [1.165, 1.54) is 5.56 Å². The van der Waals surface area contributed by atoms with Crippen molar-refractivity contribution in [3.8, 4) is 0 Å². The summed E-state index contributed by atoms with van der Waals surface area (Å²) in [4.78, 5) is 4.24. The first-order valence-corrected chi connectivity index (χ1v) is 4.07. The summed E-state index contributed by atoms with van der Waals surface area (Å²) < 4.78 is 1.80. The third kappa shape index (κ3) is 0.978.